The second-order valence-corrected chi connectivity index (χ2v) is 11.5. The molecule has 5 atom stereocenters. The van der Waals surface area contributed by atoms with E-state index >= 15 is 0 Å². The molecule has 1 amide bonds. The van der Waals surface area contributed by atoms with Gasteiger partial charge < -0.3 is 40.1 Å². The van der Waals surface area contributed by atoms with Crippen LogP contribution in [-0.2, 0) is 18.8 Å². The van der Waals surface area contributed by atoms with Gasteiger partial charge in [-0.3, -0.25) is 9.36 Å². The van der Waals surface area contributed by atoms with Gasteiger partial charge in [0.15, 0.2) is 28.6 Å². The van der Waals surface area contributed by atoms with Gasteiger partial charge in [0.25, 0.3) is 0 Å². The van der Waals surface area contributed by atoms with Crippen molar-refractivity contribution in [1.29, 1.82) is 0 Å². The Hall–Kier alpha value is -1.97. The number of nitrogens with zero attached hydrogens (tertiary/aromatic N) is 5. The number of carbonyl (C=O) groups is 1. The second-order valence-electron chi connectivity index (χ2n) is 9.10. The maximum atomic E-state index is 12.0. The first kappa shape index (κ1) is 27.1. The van der Waals surface area contributed by atoms with Gasteiger partial charge in [-0.05, 0) is 31.4 Å². The monoisotopic (exact) mass is 549 g/mol. The lowest BCUT2D eigenvalue weighted by molar-refractivity contribution is -0.129. The number of fused-ring (bicyclic) bond motifs is 1. The summed E-state index contributed by atoms with van der Waals surface area (Å²) in [7, 11) is -3.60. The van der Waals surface area contributed by atoms with E-state index in [0.29, 0.717) is 11.3 Å². The summed E-state index contributed by atoms with van der Waals surface area (Å²) in [5.74, 6) is -0.262. The van der Waals surface area contributed by atoms with Gasteiger partial charge in [0.05, 0.1) is 13.0 Å². The van der Waals surface area contributed by atoms with Crippen molar-refractivity contribution in [3.05, 3.63) is 5.28 Å². The number of hydrogen-bond acceptors (Lipinski definition) is 11. The van der Waals surface area contributed by atoms with Crippen molar-refractivity contribution in [1.82, 2.24) is 30.3 Å². The van der Waals surface area contributed by atoms with Crippen LogP contribution >= 0.6 is 19.2 Å². The largest absolute Gasteiger partial charge is 0.387 e. The fraction of sp³-hybridized carbons (Fsp3) is 0.737. The van der Waals surface area contributed by atoms with Crippen molar-refractivity contribution in [3.8, 4) is 0 Å². The topological polar surface area (TPSA) is 214 Å². The standard InChI is InChI=1S/C19H29ClN7O8P/c1-19(36(31,32)33,7-11(28)21-2)34-8-10-13(29)14(30)17(35-10)27-16-12(25-26-27)15(23-18(20)24-16)22-9-5-3-4-6-9/h9-10,13-14,17,29-30H,3-8H2,1-2H3,(H,21,28)(H,22,23,24)(H2,31,32,33)/t10-,13-,14-,17-,19?/m1/s1. The predicted molar refractivity (Wildman–Crippen MR) is 125 cm³/mol. The Labute approximate surface area is 210 Å². The summed E-state index contributed by atoms with van der Waals surface area (Å²) in [6, 6.07) is 0.208. The van der Waals surface area contributed by atoms with Crippen LogP contribution in [0.15, 0.2) is 0 Å². The highest BCUT2D eigenvalue weighted by molar-refractivity contribution is 7.53. The van der Waals surface area contributed by atoms with Crippen molar-refractivity contribution < 1.29 is 38.8 Å². The van der Waals surface area contributed by atoms with Gasteiger partial charge in [-0.2, -0.15) is 14.6 Å². The average Bonchev–Trinajstić information content (AvgIpc) is 3.53. The lowest BCUT2D eigenvalue weighted by atomic mass is 10.1. The van der Waals surface area contributed by atoms with Crippen LogP contribution in [-0.4, -0.2) is 94.2 Å². The highest BCUT2D eigenvalue weighted by Crippen LogP contribution is 2.53. The van der Waals surface area contributed by atoms with Crippen molar-refractivity contribution in [2.45, 2.75) is 75.0 Å². The number of hydrogen-bond donors (Lipinski definition) is 6. The van der Waals surface area contributed by atoms with Gasteiger partial charge in [0.2, 0.25) is 11.2 Å². The zero-order valence-electron chi connectivity index (χ0n) is 19.6. The second kappa shape index (κ2) is 10.4. The third-order valence-electron chi connectivity index (χ3n) is 6.51. The van der Waals surface area contributed by atoms with E-state index in [2.05, 4.69) is 30.9 Å². The maximum Gasteiger partial charge on any atom is 0.357 e. The van der Waals surface area contributed by atoms with Crippen molar-refractivity contribution >= 4 is 42.1 Å². The SMILES string of the molecule is CNC(=O)CC(C)(OC[C@H]1O[C@@H](n2nnc3c(NC4CCCC4)nc(Cl)nc32)[C@H](O)[C@@H]1O)P(=O)(O)O. The van der Waals surface area contributed by atoms with Crippen LogP contribution in [0.4, 0.5) is 5.82 Å². The first-order chi connectivity index (χ1) is 16.9. The zero-order valence-corrected chi connectivity index (χ0v) is 21.3. The molecule has 0 bridgehead atoms. The molecule has 1 saturated carbocycles. The molecular formula is C19H29ClN7O8P. The van der Waals surface area contributed by atoms with Gasteiger partial charge in [0.1, 0.15) is 18.3 Å². The third kappa shape index (κ3) is 5.34. The molecule has 36 heavy (non-hydrogen) atoms. The number of ether oxygens (including phenoxy) is 2. The number of carbonyl (C=O) groups excluding carboxylic acids is 1. The third-order valence-corrected chi connectivity index (χ3v) is 8.20. The predicted octanol–water partition coefficient (Wildman–Crippen LogP) is -0.105. The number of halogens is 1. The Morgan fingerprint density at radius 3 is 2.61 bits per heavy atom. The molecule has 0 aromatic carbocycles. The van der Waals surface area contributed by atoms with Gasteiger partial charge in [0, 0.05) is 13.1 Å². The summed E-state index contributed by atoms with van der Waals surface area (Å²) in [4.78, 5) is 39.6. The molecule has 15 nitrogen and oxygen atoms in total. The summed E-state index contributed by atoms with van der Waals surface area (Å²) >= 11 is 6.12. The zero-order chi connectivity index (χ0) is 26.3. The Balaban J connectivity index is 1.54. The van der Waals surface area contributed by atoms with Gasteiger partial charge in [-0.25, -0.2) is 0 Å². The highest BCUT2D eigenvalue weighted by Gasteiger charge is 2.49. The molecule has 2 fully saturated rings. The molecule has 1 saturated heterocycles. The van der Waals surface area contributed by atoms with Crippen LogP contribution in [0.5, 0.6) is 0 Å². The number of anilines is 1. The number of aliphatic hydroxyl groups excluding tert-OH is 2. The summed E-state index contributed by atoms with van der Waals surface area (Å²) in [6.07, 6.45) is -1.99. The number of nitrogens with one attached hydrogen (secondary N) is 2. The molecule has 2 aromatic heterocycles. The van der Waals surface area contributed by atoms with Crippen LogP contribution in [0.2, 0.25) is 5.28 Å². The molecule has 6 N–H and O–H groups in total. The van der Waals surface area contributed by atoms with E-state index in [1.54, 1.807) is 0 Å². The summed E-state index contributed by atoms with van der Waals surface area (Å²) in [6.45, 7) is 0.547. The average molecular weight is 550 g/mol. The Morgan fingerprint density at radius 1 is 1.28 bits per heavy atom. The van der Waals surface area contributed by atoms with E-state index in [-0.39, 0.29) is 17.0 Å². The minimum Gasteiger partial charge on any atom is -0.387 e. The molecule has 2 aliphatic rings. The Bertz CT molecular complexity index is 1160. The summed E-state index contributed by atoms with van der Waals surface area (Å²) < 4.78 is 24.3. The molecule has 200 valence electrons. The Morgan fingerprint density at radius 2 is 1.97 bits per heavy atom. The highest BCUT2D eigenvalue weighted by atomic mass is 35.5. The fourth-order valence-electron chi connectivity index (χ4n) is 4.29. The molecule has 17 heteroatoms. The van der Waals surface area contributed by atoms with Gasteiger partial charge in [-0.15, -0.1) is 5.10 Å². The molecule has 3 heterocycles. The van der Waals surface area contributed by atoms with E-state index in [4.69, 9.17) is 21.1 Å². The van der Waals surface area contributed by atoms with Crippen LogP contribution in [0.3, 0.4) is 0 Å². The minimum absolute atomic E-state index is 0.0777. The van der Waals surface area contributed by atoms with E-state index < -0.39 is 56.4 Å². The normalized spacial score (nSPS) is 26.9. The maximum absolute atomic E-state index is 12.0. The van der Waals surface area contributed by atoms with Crippen LogP contribution in [0, 0.1) is 0 Å². The molecule has 1 aliphatic heterocycles. The number of aliphatic hydroxyl groups is 2. The smallest absolute Gasteiger partial charge is 0.357 e. The van der Waals surface area contributed by atoms with Crippen molar-refractivity contribution in [3.63, 3.8) is 0 Å². The molecule has 1 aliphatic carbocycles. The lowest BCUT2D eigenvalue weighted by Gasteiger charge is -2.31. The van der Waals surface area contributed by atoms with E-state index in [9.17, 15) is 29.4 Å². The first-order valence-corrected chi connectivity index (χ1v) is 13.4. The van der Waals surface area contributed by atoms with E-state index in [0.717, 1.165) is 37.3 Å². The van der Waals surface area contributed by atoms with Crippen LogP contribution < -0.4 is 10.6 Å². The summed E-state index contributed by atoms with van der Waals surface area (Å²) in [5, 5.41) is 32.7. The Kier molecular flexibility index (Phi) is 7.84. The molecular weight excluding hydrogens is 521 g/mol. The van der Waals surface area contributed by atoms with E-state index in [1.807, 2.05) is 0 Å². The van der Waals surface area contributed by atoms with Crippen molar-refractivity contribution in [2.75, 3.05) is 19.0 Å². The van der Waals surface area contributed by atoms with Gasteiger partial charge in [-0.1, -0.05) is 18.1 Å². The lowest BCUT2D eigenvalue weighted by Crippen LogP contribution is -2.40. The minimum atomic E-state index is -4.92. The quantitative estimate of drug-likeness (QED) is 0.178. The van der Waals surface area contributed by atoms with E-state index in [1.165, 1.54) is 7.05 Å². The first-order valence-electron chi connectivity index (χ1n) is 11.4. The molecule has 0 spiro atoms. The summed E-state index contributed by atoms with van der Waals surface area (Å²) in [5.41, 5.74) is 0.462. The van der Waals surface area contributed by atoms with Gasteiger partial charge >= 0.3 is 7.60 Å². The van der Waals surface area contributed by atoms with Crippen LogP contribution in [0.25, 0.3) is 11.2 Å². The molecule has 0 radical (unpaired) electrons. The molecule has 2 aromatic rings. The van der Waals surface area contributed by atoms with Crippen molar-refractivity contribution in [2.24, 2.45) is 0 Å². The number of aromatic nitrogens is 5. The number of rotatable bonds is 9. The molecule has 4 rings (SSSR count). The number of amides is 1. The van der Waals surface area contributed by atoms with Crippen LogP contribution in [0.1, 0.15) is 45.3 Å². The fourth-order valence-corrected chi connectivity index (χ4v) is 5.05. The molecule has 1 unspecified atom stereocenters.